The van der Waals surface area contributed by atoms with E-state index in [0.29, 0.717) is 5.69 Å². The zero-order valence-corrected chi connectivity index (χ0v) is 9.95. The highest BCUT2D eigenvalue weighted by Crippen LogP contribution is 2.23. The second kappa shape index (κ2) is 3.36. The lowest BCUT2D eigenvalue weighted by atomic mass is 10.5. The fourth-order valence-corrected chi connectivity index (χ4v) is 1.46. The third-order valence-electron chi connectivity index (χ3n) is 0.937. The second-order valence-corrected chi connectivity index (χ2v) is 4.25. The topological polar surface area (TPSA) is 32.9 Å². The standard InChI is InChI=1S/C5H2Br2INO/c6-2-1-3(5(8)10)9-4(2)7/h1,9H. The molecule has 10 heavy (non-hydrogen) atoms. The van der Waals surface area contributed by atoms with Crippen molar-refractivity contribution in [1.29, 1.82) is 0 Å². The van der Waals surface area contributed by atoms with Crippen molar-refractivity contribution in [2.45, 2.75) is 0 Å². The number of carbonyl (C=O) groups excluding carboxylic acids is 1. The molecule has 1 rings (SSSR count). The van der Waals surface area contributed by atoms with Gasteiger partial charge in [0.1, 0.15) is 0 Å². The van der Waals surface area contributed by atoms with Gasteiger partial charge in [-0.05, 0) is 37.9 Å². The maximum atomic E-state index is 10.7. The van der Waals surface area contributed by atoms with E-state index in [0.717, 1.165) is 9.08 Å². The van der Waals surface area contributed by atoms with E-state index in [9.17, 15) is 4.79 Å². The number of H-pyrrole nitrogens is 1. The van der Waals surface area contributed by atoms with Gasteiger partial charge < -0.3 is 4.98 Å². The number of aromatic amines is 1. The van der Waals surface area contributed by atoms with E-state index >= 15 is 0 Å². The monoisotopic (exact) mass is 377 g/mol. The van der Waals surface area contributed by atoms with Crippen LogP contribution in [0.25, 0.3) is 0 Å². The zero-order valence-electron chi connectivity index (χ0n) is 4.62. The van der Waals surface area contributed by atoms with E-state index in [-0.39, 0.29) is 3.79 Å². The molecule has 1 N–H and O–H groups in total. The molecule has 0 saturated carbocycles. The van der Waals surface area contributed by atoms with Crippen molar-refractivity contribution in [3.8, 4) is 0 Å². The summed E-state index contributed by atoms with van der Waals surface area (Å²) in [6.07, 6.45) is 0. The summed E-state index contributed by atoms with van der Waals surface area (Å²) < 4.78 is 1.67. The van der Waals surface area contributed by atoms with E-state index < -0.39 is 0 Å². The lowest BCUT2D eigenvalue weighted by molar-refractivity contribution is 0.110. The number of hydrogen-bond acceptors (Lipinski definition) is 1. The molecule has 0 radical (unpaired) electrons. The predicted molar refractivity (Wildman–Crippen MR) is 54.5 cm³/mol. The highest BCUT2D eigenvalue weighted by atomic mass is 127. The van der Waals surface area contributed by atoms with Crippen LogP contribution in [0, 0.1) is 0 Å². The molecule has 0 aromatic carbocycles. The van der Waals surface area contributed by atoms with Crippen LogP contribution in [-0.4, -0.2) is 8.77 Å². The van der Waals surface area contributed by atoms with Gasteiger partial charge in [-0.3, -0.25) is 4.79 Å². The van der Waals surface area contributed by atoms with Gasteiger partial charge >= 0.3 is 0 Å². The van der Waals surface area contributed by atoms with E-state index in [4.69, 9.17) is 0 Å². The molecular formula is C5H2Br2INO. The Labute approximate surface area is 88.2 Å². The largest absolute Gasteiger partial charge is 0.345 e. The minimum absolute atomic E-state index is 0.00370. The van der Waals surface area contributed by atoms with Crippen molar-refractivity contribution < 1.29 is 4.79 Å². The van der Waals surface area contributed by atoms with Crippen molar-refractivity contribution in [3.63, 3.8) is 0 Å². The number of halogens is 3. The minimum Gasteiger partial charge on any atom is -0.345 e. The van der Waals surface area contributed by atoms with Crippen molar-refractivity contribution in [2.75, 3.05) is 0 Å². The maximum absolute atomic E-state index is 10.7. The van der Waals surface area contributed by atoms with Gasteiger partial charge in [0.05, 0.1) is 14.8 Å². The summed E-state index contributed by atoms with van der Waals surface area (Å²) in [6, 6.07) is 1.73. The first-order valence-electron chi connectivity index (χ1n) is 2.35. The number of nitrogens with one attached hydrogen (secondary N) is 1. The average molecular weight is 379 g/mol. The summed E-state index contributed by atoms with van der Waals surface area (Å²) in [6.45, 7) is 0. The molecule has 1 heterocycles. The molecule has 0 spiro atoms. The summed E-state index contributed by atoms with van der Waals surface area (Å²) in [7, 11) is 0. The van der Waals surface area contributed by atoms with Crippen molar-refractivity contribution in [2.24, 2.45) is 0 Å². The lowest BCUT2D eigenvalue weighted by Crippen LogP contribution is -1.85. The Morgan fingerprint density at radius 1 is 1.60 bits per heavy atom. The van der Waals surface area contributed by atoms with Gasteiger partial charge in [0.2, 0.25) is 3.79 Å². The molecule has 0 unspecified atom stereocenters. The molecule has 0 aliphatic rings. The van der Waals surface area contributed by atoms with E-state index in [1.54, 1.807) is 28.7 Å². The summed E-state index contributed by atoms with van der Waals surface area (Å²) in [5.74, 6) is 0. The van der Waals surface area contributed by atoms with Crippen LogP contribution in [0.5, 0.6) is 0 Å². The van der Waals surface area contributed by atoms with Crippen LogP contribution in [0.1, 0.15) is 10.5 Å². The quantitative estimate of drug-likeness (QED) is 0.591. The van der Waals surface area contributed by atoms with Crippen LogP contribution in [0.3, 0.4) is 0 Å². The first-order valence-corrected chi connectivity index (χ1v) is 5.01. The summed E-state index contributed by atoms with van der Waals surface area (Å²) in [4.78, 5) is 13.6. The van der Waals surface area contributed by atoms with Crippen LogP contribution in [0.2, 0.25) is 0 Å². The highest BCUT2D eigenvalue weighted by molar-refractivity contribution is 14.1. The van der Waals surface area contributed by atoms with Crippen LogP contribution >= 0.6 is 54.5 Å². The fourth-order valence-electron chi connectivity index (χ4n) is 0.510. The molecule has 0 bridgehead atoms. The number of hydrogen-bond donors (Lipinski definition) is 1. The van der Waals surface area contributed by atoms with E-state index in [2.05, 4.69) is 36.8 Å². The van der Waals surface area contributed by atoms with Crippen molar-refractivity contribution in [1.82, 2.24) is 4.98 Å². The Morgan fingerprint density at radius 3 is 2.40 bits per heavy atom. The van der Waals surface area contributed by atoms with Crippen LogP contribution < -0.4 is 0 Å². The molecule has 1 aromatic heterocycles. The molecule has 1 aromatic rings. The Bertz CT molecular complexity index is 251. The Hall–Kier alpha value is 0.640. The summed E-state index contributed by atoms with van der Waals surface area (Å²) >= 11 is 8.20. The summed E-state index contributed by atoms with van der Waals surface area (Å²) in [5, 5.41) is 0. The number of rotatable bonds is 1. The van der Waals surface area contributed by atoms with Crippen molar-refractivity contribution >= 4 is 58.2 Å². The average Bonchev–Trinajstić information content (AvgIpc) is 2.13. The lowest BCUT2D eigenvalue weighted by Gasteiger charge is -1.81. The molecule has 54 valence electrons. The molecule has 0 aliphatic heterocycles. The number of carbonyl (C=O) groups is 1. The van der Waals surface area contributed by atoms with Gasteiger partial charge in [0, 0.05) is 22.6 Å². The third-order valence-corrected chi connectivity index (χ3v) is 3.30. The Kier molecular flexibility index (Phi) is 2.93. The maximum Gasteiger partial charge on any atom is 0.238 e. The van der Waals surface area contributed by atoms with E-state index in [1.165, 1.54) is 0 Å². The zero-order chi connectivity index (χ0) is 7.72. The van der Waals surface area contributed by atoms with Gasteiger partial charge in [0.15, 0.2) is 0 Å². The molecular weight excluding hydrogens is 377 g/mol. The predicted octanol–water partition coefficient (Wildman–Crippen LogP) is 3.11. The summed E-state index contributed by atoms with van der Waals surface area (Å²) in [5.41, 5.74) is 0.597. The highest BCUT2D eigenvalue weighted by Gasteiger charge is 2.06. The Morgan fingerprint density at radius 2 is 2.20 bits per heavy atom. The van der Waals surface area contributed by atoms with Gasteiger partial charge in [-0.25, -0.2) is 0 Å². The molecule has 0 atom stereocenters. The molecule has 5 heteroatoms. The molecule has 0 saturated heterocycles. The number of aromatic nitrogens is 1. The van der Waals surface area contributed by atoms with Gasteiger partial charge in [-0.15, -0.1) is 0 Å². The van der Waals surface area contributed by atoms with Crippen LogP contribution in [-0.2, 0) is 0 Å². The SMILES string of the molecule is O=C(I)c1cc(Br)c(Br)[nH]1. The Balaban J connectivity index is 3.10. The van der Waals surface area contributed by atoms with E-state index in [1.807, 2.05) is 0 Å². The smallest absolute Gasteiger partial charge is 0.238 e. The van der Waals surface area contributed by atoms with Crippen LogP contribution in [0.4, 0.5) is 0 Å². The first kappa shape index (κ1) is 8.73. The second-order valence-electron chi connectivity index (χ2n) is 1.62. The van der Waals surface area contributed by atoms with Gasteiger partial charge in [0.25, 0.3) is 0 Å². The molecule has 0 amide bonds. The normalized spacial score (nSPS) is 9.90. The van der Waals surface area contributed by atoms with Gasteiger partial charge in [-0.1, -0.05) is 0 Å². The van der Waals surface area contributed by atoms with Gasteiger partial charge in [-0.2, -0.15) is 0 Å². The fraction of sp³-hybridized carbons (Fsp3) is 0. The first-order chi connectivity index (χ1) is 4.61. The third kappa shape index (κ3) is 1.82. The molecule has 0 aliphatic carbocycles. The van der Waals surface area contributed by atoms with Crippen molar-refractivity contribution in [3.05, 3.63) is 20.8 Å². The minimum atomic E-state index is 0.00370. The molecule has 0 fully saturated rings. The van der Waals surface area contributed by atoms with Crippen LogP contribution in [0.15, 0.2) is 15.1 Å². The molecule has 2 nitrogen and oxygen atoms in total.